The van der Waals surface area contributed by atoms with Crippen LogP contribution >= 0.6 is 0 Å². The molecule has 0 spiro atoms. The Kier molecular flexibility index (Phi) is 5.43. The van der Waals surface area contributed by atoms with Gasteiger partial charge in [-0.05, 0) is 36.6 Å². The first-order valence-corrected chi connectivity index (χ1v) is 12.4. The molecule has 1 saturated carbocycles. The molecule has 3 aromatic rings. The first-order chi connectivity index (χ1) is 17.0. The van der Waals surface area contributed by atoms with Crippen LogP contribution in [0.15, 0.2) is 36.7 Å². The molecule has 2 N–H and O–H groups in total. The molecule has 2 fully saturated rings. The quantitative estimate of drug-likeness (QED) is 0.569. The van der Waals surface area contributed by atoms with E-state index in [4.69, 9.17) is 4.98 Å². The molecule has 6 rings (SSSR count). The maximum atomic E-state index is 9.94. The number of nitrogens with one attached hydrogen (secondary N) is 2. The Bertz CT molecular complexity index is 1280. The minimum absolute atomic E-state index is 0.0687. The summed E-state index contributed by atoms with van der Waals surface area (Å²) in [7, 11) is 1.87. The number of nitrogens with zero attached hydrogens (tertiary/aromatic N) is 7. The maximum absolute atomic E-state index is 9.94. The van der Waals surface area contributed by atoms with Crippen molar-refractivity contribution < 1.29 is 0 Å². The Hall–Kier alpha value is -3.48. The standard InChI is InChI=1S/C26H31N9/c1-26(17-34-9-11-35(12-10-34)20-3-4-20)16-29-24-19(15-27)13-18(14-21(24)26)22-5-7-28-25(30-22)31-23-6-8-33(2)32-23/h5-8,13-14,20,29H,3-4,9-12,16-17H2,1-2H3,(H,28,30,31,32)/t26-/m1/s1. The zero-order valence-electron chi connectivity index (χ0n) is 20.3. The number of fused-ring (bicyclic) bond motifs is 1. The van der Waals surface area contributed by atoms with E-state index in [9.17, 15) is 5.26 Å². The predicted octanol–water partition coefficient (Wildman–Crippen LogP) is 2.96. The van der Waals surface area contributed by atoms with Gasteiger partial charge >= 0.3 is 0 Å². The highest BCUT2D eigenvalue weighted by molar-refractivity contribution is 5.76. The minimum Gasteiger partial charge on any atom is -0.383 e. The molecule has 1 aromatic carbocycles. The van der Waals surface area contributed by atoms with Crippen molar-refractivity contribution >= 4 is 17.5 Å². The summed E-state index contributed by atoms with van der Waals surface area (Å²) in [5.74, 6) is 1.17. The van der Waals surface area contributed by atoms with E-state index in [2.05, 4.69) is 49.6 Å². The van der Waals surface area contributed by atoms with Gasteiger partial charge in [-0.2, -0.15) is 10.4 Å². The Morgan fingerprint density at radius 2 is 2.03 bits per heavy atom. The molecule has 2 aromatic heterocycles. The van der Waals surface area contributed by atoms with Crippen molar-refractivity contribution in [2.75, 3.05) is 49.9 Å². The molecule has 1 atom stereocenters. The molecule has 0 amide bonds. The summed E-state index contributed by atoms with van der Waals surface area (Å²) >= 11 is 0. The highest BCUT2D eigenvalue weighted by Gasteiger charge is 2.39. The van der Waals surface area contributed by atoms with E-state index in [1.807, 2.05) is 31.4 Å². The smallest absolute Gasteiger partial charge is 0.228 e. The van der Waals surface area contributed by atoms with Crippen molar-refractivity contribution in [2.45, 2.75) is 31.2 Å². The molecular weight excluding hydrogens is 438 g/mol. The van der Waals surface area contributed by atoms with E-state index in [1.54, 1.807) is 10.9 Å². The number of nitriles is 1. The fourth-order valence-electron chi connectivity index (χ4n) is 5.46. The highest BCUT2D eigenvalue weighted by atomic mass is 15.3. The molecule has 9 nitrogen and oxygen atoms in total. The van der Waals surface area contributed by atoms with Gasteiger partial charge in [0.25, 0.3) is 0 Å². The number of aromatic nitrogens is 4. The summed E-state index contributed by atoms with van der Waals surface area (Å²) in [5, 5.41) is 21.0. The van der Waals surface area contributed by atoms with Gasteiger partial charge in [-0.3, -0.25) is 14.5 Å². The van der Waals surface area contributed by atoms with Crippen LogP contribution in [0.2, 0.25) is 0 Å². The molecule has 3 aliphatic rings. The van der Waals surface area contributed by atoms with Crippen LogP contribution in [-0.4, -0.2) is 74.9 Å². The van der Waals surface area contributed by atoms with Crippen molar-refractivity contribution in [1.29, 1.82) is 5.26 Å². The van der Waals surface area contributed by atoms with Crippen LogP contribution in [0.25, 0.3) is 11.3 Å². The van der Waals surface area contributed by atoms with Crippen LogP contribution in [0.5, 0.6) is 0 Å². The van der Waals surface area contributed by atoms with Crippen molar-refractivity contribution in [3.8, 4) is 17.3 Å². The third kappa shape index (κ3) is 4.35. The van der Waals surface area contributed by atoms with Crippen molar-refractivity contribution in [3.05, 3.63) is 47.8 Å². The number of piperazine rings is 1. The number of aryl methyl sites for hydroxylation is 1. The number of hydrogen-bond acceptors (Lipinski definition) is 8. The molecular formula is C26H31N9. The lowest BCUT2D eigenvalue weighted by Crippen LogP contribution is -2.51. The molecule has 0 bridgehead atoms. The first-order valence-electron chi connectivity index (χ1n) is 12.4. The van der Waals surface area contributed by atoms with E-state index in [1.165, 1.54) is 18.4 Å². The lowest BCUT2D eigenvalue weighted by Gasteiger charge is -2.39. The van der Waals surface area contributed by atoms with Crippen LogP contribution in [0.1, 0.15) is 30.9 Å². The van der Waals surface area contributed by atoms with Crippen LogP contribution < -0.4 is 10.6 Å². The second-order valence-electron chi connectivity index (χ2n) is 10.3. The monoisotopic (exact) mass is 469 g/mol. The van der Waals surface area contributed by atoms with E-state index in [0.717, 1.165) is 62.3 Å². The SMILES string of the molecule is Cn1ccc(Nc2nccc(-c3cc(C#N)c4c(c3)[C@@](C)(CN3CCN(C5CC5)CC3)CN4)n2)n1. The molecule has 4 heterocycles. The van der Waals surface area contributed by atoms with Gasteiger partial charge in [0.05, 0.1) is 16.9 Å². The normalized spacial score (nSPS) is 22.4. The summed E-state index contributed by atoms with van der Waals surface area (Å²) in [6.07, 6.45) is 6.35. The summed E-state index contributed by atoms with van der Waals surface area (Å²) in [4.78, 5) is 14.3. The van der Waals surface area contributed by atoms with Gasteiger partial charge in [-0.15, -0.1) is 0 Å². The molecule has 2 aliphatic heterocycles. The number of benzene rings is 1. The van der Waals surface area contributed by atoms with Crippen LogP contribution in [0.3, 0.4) is 0 Å². The summed E-state index contributed by atoms with van der Waals surface area (Å²) in [6.45, 7) is 8.68. The largest absolute Gasteiger partial charge is 0.383 e. The van der Waals surface area contributed by atoms with Crippen LogP contribution in [0.4, 0.5) is 17.5 Å². The third-order valence-corrected chi connectivity index (χ3v) is 7.51. The zero-order chi connectivity index (χ0) is 24.0. The molecule has 1 saturated heterocycles. The van der Waals surface area contributed by atoms with Gasteiger partial charge < -0.3 is 10.6 Å². The lowest BCUT2D eigenvalue weighted by atomic mass is 9.82. The number of anilines is 3. The lowest BCUT2D eigenvalue weighted by molar-refractivity contribution is 0.110. The second kappa shape index (κ2) is 8.63. The van der Waals surface area contributed by atoms with Crippen LogP contribution in [-0.2, 0) is 12.5 Å². The molecule has 0 radical (unpaired) electrons. The van der Waals surface area contributed by atoms with E-state index in [-0.39, 0.29) is 5.41 Å². The fourth-order valence-corrected chi connectivity index (χ4v) is 5.46. The predicted molar refractivity (Wildman–Crippen MR) is 136 cm³/mol. The molecule has 180 valence electrons. The van der Waals surface area contributed by atoms with Gasteiger partial charge in [0, 0.05) is 81.8 Å². The molecule has 1 aliphatic carbocycles. The van der Waals surface area contributed by atoms with Gasteiger partial charge in [0.1, 0.15) is 6.07 Å². The average molecular weight is 470 g/mol. The Labute approximate surface area is 205 Å². The van der Waals surface area contributed by atoms with Gasteiger partial charge in [0.15, 0.2) is 5.82 Å². The number of rotatable bonds is 6. The molecule has 35 heavy (non-hydrogen) atoms. The zero-order valence-corrected chi connectivity index (χ0v) is 20.3. The molecule has 0 unspecified atom stereocenters. The minimum atomic E-state index is -0.0687. The van der Waals surface area contributed by atoms with Crippen molar-refractivity contribution in [1.82, 2.24) is 29.5 Å². The van der Waals surface area contributed by atoms with Gasteiger partial charge in [0.2, 0.25) is 5.95 Å². The molecule has 9 heteroatoms. The summed E-state index contributed by atoms with van der Waals surface area (Å²) in [5.41, 5.74) is 4.48. The maximum Gasteiger partial charge on any atom is 0.228 e. The first kappa shape index (κ1) is 22.0. The summed E-state index contributed by atoms with van der Waals surface area (Å²) < 4.78 is 1.73. The van der Waals surface area contributed by atoms with E-state index in [0.29, 0.717) is 17.3 Å². The summed E-state index contributed by atoms with van der Waals surface area (Å²) in [6, 6.07) is 11.2. The fraction of sp³-hybridized carbons (Fsp3) is 0.462. The Balaban J connectivity index is 1.26. The van der Waals surface area contributed by atoms with Crippen molar-refractivity contribution in [3.63, 3.8) is 0 Å². The van der Waals surface area contributed by atoms with E-state index >= 15 is 0 Å². The Morgan fingerprint density at radius 1 is 1.20 bits per heavy atom. The van der Waals surface area contributed by atoms with Gasteiger partial charge in [-0.1, -0.05) is 6.92 Å². The van der Waals surface area contributed by atoms with Crippen molar-refractivity contribution in [2.24, 2.45) is 7.05 Å². The van der Waals surface area contributed by atoms with Crippen LogP contribution in [0, 0.1) is 11.3 Å². The number of hydrogen-bond donors (Lipinski definition) is 2. The van der Waals surface area contributed by atoms with Gasteiger partial charge in [-0.25, -0.2) is 9.97 Å². The topological polar surface area (TPSA) is 97.9 Å². The third-order valence-electron chi connectivity index (χ3n) is 7.51. The Morgan fingerprint density at radius 3 is 2.74 bits per heavy atom. The average Bonchev–Trinajstić information content (AvgIpc) is 3.56. The highest BCUT2D eigenvalue weighted by Crippen LogP contribution is 2.42. The second-order valence-corrected chi connectivity index (χ2v) is 10.3. The van der Waals surface area contributed by atoms with E-state index < -0.39 is 0 Å².